The van der Waals surface area contributed by atoms with Crippen molar-refractivity contribution in [1.29, 1.82) is 0 Å². The summed E-state index contributed by atoms with van der Waals surface area (Å²) in [5.41, 5.74) is 1.97. The van der Waals surface area contributed by atoms with Crippen molar-refractivity contribution in [1.82, 2.24) is 4.90 Å². The molecule has 1 aromatic rings. The van der Waals surface area contributed by atoms with Gasteiger partial charge in [-0.05, 0) is 23.1 Å². The number of carbonyl (C=O) groups is 2. The van der Waals surface area contributed by atoms with Gasteiger partial charge in [-0.15, -0.1) is 0 Å². The third kappa shape index (κ3) is 4.43. The van der Waals surface area contributed by atoms with E-state index in [1.807, 2.05) is 24.3 Å². The summed E-state index contributed by atoms with van der Waals surface area (Å²) >= 11 is 0. The van der Waals surface area contributed by atoms with Gasteiger partial charge in [0, 0.05) is 31.6 Å². The van der Waals surface area contributed by atoms with E-state index in [4.69, 9.17) is 9.47 Å². The van der Waals surface area contributed by atoms with Crippen molar-refractivity contribution >= 4 is 17.5 Å². The fraction of sp³-hybridized carbons (Fsp3) is 0.600. The average Bonchev–Trinajstić information content (AvgIpc) is 3.03. The van der Waals surface area contributed by atoms with Crippen LogP contribution in [-0.2, 0) is 24.5 Å². The number of anilines is 1. The van der Waals surface area contributed by atoms with Crippen LogP contribution in [0.5, 0.6) is 0 Å². The molecule has 2 heterocycles. The van der Waals surface area contributed by atoms with Gasteiger partial charge in [0.15, 0.2) is 5.79 Å². The van der Waals surface area contributed by atoms with Gasteiger partial charge in [0.1, 0.15) is 6.42 Å². The molecule has 1 N–H and O–H groups in total. The number of likely N-dealkylation sites (tertiary alicyclic amines) is 1. The molecule has 2 fully saturated rings. The Morgan fingerprint density at radius 1 is 1.08 bits per heavy atom. The summed E-state index contributed by atoms with van der Waals surface area (Å²) in [5, 5.41) is 2.80. The number of benzene rings is 1. The Morgan fingerprint density at radius 2 is 1.65 bits per heavy atom. The van der Waals surface area contributed by atoms with Crippen LogP contribution in [0.25, 0.3) is 0 Å². The zero-order valence-electron chi connectivity index (χ0n) is 15.8. The Morgan fingerprint density at radius 3 is 2.19 bits per heavy atom. The minimum absolute atomic E-state index is 0.0663. The molecule has 1 spiro atoms. The van der Waals surface area contributed by atoms with Crippen LogP contribution in [-0.4, -0.2) is 48.8 Å². The third-order valence-electron chi connectivity index (χ3n) is 5.04. The number of carbonyl (C=O) groups excluding carboxylic acids is 2. The fourth-order valence-electron chi connectivity index (χ4n) is 3.39. The predicted octanol–water partition coefficient (Wildman–Crippen LogP) is 2.68. The van der Waals surface area contributed by atoms with E-state index in [0.29, 0.717) is 44.8 Å². The molecule has 26 heavy (non-hydrogen) atoms. The first-order valence-electron chi connectivity index (χ1n) is 9.24. The molecule has 0 unspecified atom stereocenters. The number of rotatable bonds is 3. The molecule has 142 valence electrons. The lowest BCUT2D eigenvalue weighted by Gasteiger charge is -2.37. The van der Waals surface area contributed by atoms with E-state index in [1.54, 1.807) is 4.90 Å². The molecule has 6 heteroatoms. The second-order valence-electron chi connectivity index (χ2n) is 8.04. The Labute approximate surface area is 154 Å². The maximum Gasteiger partial charge on any atom is 0.233 e. The molecule has 0 aromatic heterocycles. The molecule has 6 nitrogen and oxygen atoms in total. The first-order valence-corrected chi connectivity index (χ1v) is 9.24. The van der Waals surface area contributed by atoms with Gasteiger partial charge in [-0.2, -0.15) is 0 Å². The molecule has 2 amide bonds. The van der Waals surface area contributed by atoms with E-state index in [0.717, 1.165) is 0 Å². The summed E-state index contributed by atoms with van der Waals surface area (Å²) in [6.45, 7) is 8.78. The molecule has 0 radical (unpaired) electrons. The van der Waals surface area contributed by atoms with E-state index < -0.39 is 5.79 Å². The highest BCUT2D eigenvalue weighted by atomic mass is 16.7. The van der Waals surface area contributed by atoms with Crippen molar-refractivity contribution < 1.29 is 19.1 Å². The summed E-state index contributed by atoms with van der Waals surface area (Å²) in [5.74, 6) is -0.942. The van der Waals surface area contributed by atoms with Crippen LogP contribution in [0, 0.1) is 0 Å². The van der Waals surface area contributed by atoms with Crippen molar-refractivity contribution in [2.75, 3.05) is 31.6 Å². The molecule has 1 aromatic carbocycles. The van der Waals surface area contributed by atoms with E-state index >= 15 is 0 Å². The average molecular weight is 360 g/mol. The van der Waals surface area contributed by atoms with Crippen LogP contribution in [0.1, 0.15) is 45.6 Å². The molecule has 0 bridgehead atoms. The smallest absolute Gasteiger partial charge is 0.233 e. The standard InChI is InChI=1S/C20H28N2O4/c1-19(2,3)15-4-6-16(7-5-15)21-17(23)14-18(24)22-10-8-20(9-11-22)25-12-13-26-20/h4-7H,8-14H2,1-3H3,(H,21,23). The van der Waals surface area contributed by atoms with Gasteiger partial charge in [-0.1, -0.05) is 32.9 Å². The molecular formula is C20H28N2O4. The zero-order chi connectivity index (χ0) is 18.8. The Hall–Kier alpha value is -1.92. The Kier molecular flexibility index (Phi) is 5.34. The molecule has 0 aliphatic carbocycles. The van der Waals surface area contributed by atoms with Crippen LogP contribution in [0.2, 0.25) is 0 Å². The number of nitrogens with one attached hydrogen (secondary N) is 1. The first kappa shape index (κ1) is 18.9. The first-order chi connectivity index (χ1) is 12.3. The maximum absolute atomic E-state index is 12.4. The highest BCUT2D eigenvalue weighted by Crippen LogP contribution is 2.31. The van der Waals surface area contributed by atoms with Crippen LogP contribution in [0.4, 0.5) is 5.69 Å². The van der Waals surface area contributed by atoms with Gasteiger partial charge in [0.25, 0.3) is 0 Å². The maximum atomic E-state index is 12.4. The van der Waals surface area contributed by atoms with E-state index in [1.165, 1.54) is 5.56 Å². The summed E-state index contributed by atoms with van der Waals surface area (Å²) in [4.78, 5) is 26.3. The SMILES string of the molecule is CC(C)(C)c1ccc(NC(=O)CC(=O)N2CCC3(CC2)OCCO3)cc1. The van der Waals surface area contributed by atoms with Crippen molar-refractivity contribution in [3.8, 4) is 0 Å². The topological polar surface area (TPSA) is 67.9 Å². The quantitative estimate of drug-likeness (QED) is 0.842. The van der Waals surface area contributed by atoms with E-state index in [2.05, 4.69) is 26.1 Å². The summed E-state index contributed by atoms with van der Waals surface area (Å²) < 4.78 is 11.3. The zero-order valence-corrected chi connectivity index (χ0v) is 15.8. The lowest BCUT2D eigenvalue weighted by molar-refractivity contribution is -0.187. The van der Waals surface area contributed by atoms with Gasteiger partial charge in [-0.3, -0.25) is 9.59 Å². The number of ether oxygens (including phenoxy) is 2. The highest BCUT2D eigenvalue weighted by molar-refractivity contribution is 6.03. The highest BCUT2D eigenvalue weighted by Gasteiger charge is 2.40. The molecule has 3 rings (SSSR count). The molecule has 0 saturated carbocycles. The van der Waals surface area contributed by atoms with E-state index in [-0.39, 0.29) is 23.7 Å². The predicted molar refractivity (Wildman–Crippen MR) is 98.8 cm³/mol. The second kappa shape index (κ2) is 7.37. The van der Waals surface area contributed by atoms with Gasteiger partial charge < -0.3 is 19.7 Å². The number of hydrogen-bond acceptors (Lipinski definition) is 4. The Bertz CT molecular complexity index is 647. The van der Waals surface area contributed by atoms with Gasteiger partial charge >= 0.3 is 0 Å². The van der Waals surface area contributed by atoms with Crippen LogP contribution in [0.15, 0.2) is 24.3 Å². The molecule has 0 atom stereocenters. The van der Waals surface area contributed by atoms with Gasteiger partial charge in [-0.25, -0.2) is 0 Å². The number of piperidine rings is 1. The lowest BCUT2D eigenvalue weighted by Crippen LogP contribution is -2.47. The summed E-state index contributed by atoms with van der Waals surface area (Å²) in [6, 6.07) is 7.76. The second-order valence-corrected chi connectivity index (χ2v) is 8.04. The van der Waals surface area contributed by atoms with Crippen LogP contribution >= 0.6 is 0 Å². The fourth-order valence-corrected chi connectivity index (χ4v) is 3.39. The normalized spacial score (nSPS) is 19.6. The number of hydrogen-bond donors (Lipinski definition) is 1. The Balaban J connectivity index is 1.48. The molecule has 2 aliphatic heterocycles. The third-order valence-corrected chi connectivity index (χ3v) is 5.04. The van der Waals surface area contributed by atoms with E-state index in [9.17, 15) is 9.59 Å². The number of nitrogens with zero attached hydrogens (tertiary/aromatic N) is 1. The van der Waals surface area contributed by atoms with Crippen molar-refractivity contribution in [3.63, 3.8) is 0 Å². The van der Waals surface area contributed by atoms with Crippen molar-refractivity contribution in [3.05, 3.63) is 29.8 Å². The van der Waals surface area contributed by atoms with Crippen LogP contribution in [0.3, 0.4) is 0 Å². The molecular weight excluding hydrogens is 332 g/mol. The largest absolute Gasteiger partial charge is 0.347 e. The van der Waals surface area contributed by atoms with Crippen molar-refractivity contribution in [2.24, 2.45) is 0 Å². The van der Waals surface area contributed by atoms with Crippen LogP contribution < -0.4 is 5.32 Å². The minimum atomic E-state index is -0.506. The van der Waals surface area contributed by atoms with Crippen molar-refractivity contribution in [2.45, 2.75) is 51.2 Å². The van der Waals surface area contributed by atoms with Gasteiger partial charge in [0.2, 0.25) is 11.8 Å². The van der Waals surface area contributed by atoms with Gasteiger partial charge in [0.05, 0.1) is 13.2 Å². The molecule has 2 aliphatic rings. The summed E-state index contributed by atoms with van der Waals surface area (Å²) in [7, 11) is 0. The lowest BCUT2D eigenvalue weighted by atomic mass is 9.87. The minimum Gasteiger partial charge on any atom is -0.347 e. The molecule has 2 saturated heterocycles. The number of amides is 2. The summed E-state index contributed by atoms with van der Waals surface area (Å²) in [6.07, 6.45) is 1.18. The monoisotopic (exact) mass is 360 g/mol.